The maximum atomic E-state index is 6.23. The van der Waals surface area contributed by atoms with Gasteiger partial charge in [0.1, 0.15) is 5.75 Å². The molecule has 2 heteroatoms. The SMILES string of the molecule is CCCCCCCCCCCCCCCCNCc1c(OCCCCCC)ccc2ccccc12. The van der Waals surface area contributed by atoms with Gasteiger partial charge in [0.15, 0.2) is 0 Å². The van der Waals surface area contributed by atoms with E-state index in [2.05, 4.69) is 55.6 Å². The lowest BCUT2D eigenvalue weighted by Crippen LogP contribution is -2.16. The van der Waals surface area contributed by atoms with Gasteiger partial charge in [-0.25, -0.2) is 0 Å². The molecule has 0 aliphatic heterocycles. The highest BCUT2D eigenvalue weighted by Gasteiger charge is 2.09. The summed E-state index contributed by atoms with van der Waals surface area (Å²) in [5.41, 5.74) is 1.32. The number of ether oxygens (including phenoxy) is 1. The minimum Gasteiger partial charge on any atom is -0.493 e. The van der Waals surface area contributed by atoms with Gasteiger partial charge in [0, 0.05) is 12.1 Å². The van der Waals surface area contributed by atoms with Crippen molar-refractivity contribution in [3.63, 3.8) is 0 Å². The highest BCUT2D eigenvalue weighted by Crippen LogP contribution is 2.28. The van der Waals surface area contributed by atoms with E-state index in [1.54, 1.807) is 0 Å². The number of benzene rings is 2. The van der Waals surface area contributed by atoms with E-state index in [1.807, 2.05) is 0 Å². The first kappa shape index (κ1) is 29.7. The topological polar surface area (TPSA) is 21.3 Å². The molecule has 2 aromatic rings. The van der Waals surface area contributed by atoms with Crippen LogP contribution in [0.3, 0.4) is 0 Å². The zero-order chi connectivity index (χ0) is 24.8. The normalized spacial score (nSPS) is 11.4. The molecule has 0 heterocycles. The lowest BCUT2D eigenvalue weighted by atomic mass is 10.0. The molecule has 0 amide bonds. The molecule has 0 unspecified atom stereocenters. The summed E-state index contributed by atoms with van der Waals surface area (Å²) in [6.07, 6.45) is 24.8. The van der Waals surface area contributed by atoms with Crippen LogP contribution >= 0.6 is 0 Å². The summed E-state index contributed by atoms with van der Waals surface area (Å²) in [4.78, 5) is 0. The van der Waals surface area contributed by atoms with Crippen LogP contribution in [0.1, 0.15) is 135 Å². The molecular formula is C33H55NO. The Morgan fingerprint density at radius 1 is 0.571 bits per heavy atom. The molecule has 2 rings (SSSR count). The first-order chi connectivity index (χ1) is 17.4. The van der Waals surface area contributed by atoms with Crippen LogP contribution < -0.4 is 10.1 Å². The van der Waals surface area contributed by atoms with Crippen molar-refractivity contribution in [3.05, 3.63) is 42.0 Å². The van der Waals surface area contributed by atoms with E-state index in [1.165, 1.54) is 125 Å². The molecule has 0 aliphatic carbocycles. The number of hydrogen-bond donors (Lipinski definition) is 1. The molecule has 0 saturated heterocycles. The van der Waals surface area contributed by atoms with Gasteiger partial charge in [0.25, 0.3) is 0 Å². The van der Waals surface area contributed by atoms with Crippen LogP contribution in [0.4, 0.5) is 0 Å². The summed E-state index contributed by atoms with van der Waals surface area (Å²) in [5.74, 6) is 1.06. The van der Waals surface area contributed by atoms with Crippen LogP contribution in [-0.4, -0.2) is 13.2 Å². The first-order valence-corrected chi connectivity index (χ1v) is 15.2. The number of rotatable bonds is 23. The van der Waals surface area contributed by atoms with E-state index in [9.17, 15) is 0 Å². The van der Waals surface area contributed by atoms with Crippen LogP contribution in [0.25, 0.3) is 10.8 Å². The van der Waals surface area contributed by atoms with Gasteiger partial charge in [-0.3, -0.25) is 0 Å². The minimum absolute atomic E-state index is 0.824. The zero-order valence-electron chi connectivity index (χ0n) is 23.2. The maximum Gasteiger partial charge on any atom is 0.124 e. The van der Waals surface area contributed by atoms with E-state index >= 15 is 0 Å². The fourth-order valence-corrected chi connectivity index (χ4v) is 5.00. The Bertz CT molecular complexity index is 756. The van der Waals surface area contributed by atoms with Gasteiger partial charge in [-0.15, -0.1) is 0 Å². The number of nitrogens with one attached hydrogen (secondary N) is 1. The van der Waals surface area contributed by atoms with Gasteiger partial charge < -0.3 is 10.1 Å². The average molecular weight is 482 g/mol. The van der Waals surface area contributed by atoms with Crippen LogP contribution in [-0.2, 0) is 6.54 Å². The third kappa shape index (κ3) is 13.4. The Morgan fingerprint density at radius 2 is 1.11 bits per heavy atom. The fraction of sp³-hybridized carbons (Fsp3) is 0.697. The lowest BCUT2D eigenvalue weighted by Gasteiger charge is -2.15. The van der Waals surface area contributed by atoms with Gasteiger partial charge >= 0.3 is 0 Å². The lowest BCUT2D eigenvalue weighted by molar-refractivity contribution is 0.302. The number of fused-ring (bicyclic) bond motifs is 1. The average Bonchev–Trinajstić information content (AvgIpc) is 2.89. The fourth-order valence-electron chi connectivity index (χ4n) is 5.00. The summed E-state index contributed by atoms with van der Waals surface area (Å²) < 4.78 is 6.23. The zero-order valence-corrected chi connectivity index (χ0v) is 23.2. The highest BCUT2D eigenvalue weighted by atomic mass is 16.5. The van der Waals surface area contributed by atoms with Crippen LogP contribution in [0, 0.1) is 0 Å². The molecule has 1 N–H and O–H groups in total. The molecule has 2 nitrogen and oxygen atoms in total. The minimum atomic E-state index is 0.824. The molecule has 35 heavy (non-hydrogen) atoms. The molecule has 0 saturated carbocycles. The predicted octanol–water partition coefficient (Wildman–Crippen LogP) is 10.4. The Morgan fingerprint density at radius 3 is 1.74 bits per heavy atom. The Balaban J connectivity index is 1.56. The third-order valence-electron chi connectivity index (χ3n) is 7.26. The quantitative estimate of drug-likeness (QED) is 0.159. The summed E-state index contributed by atoms with van der Waals surface area (Å²) in [6, 6.07) is 13.1. The predicted molar refractivity (Wildman–Crippen MR) is 156 cm³/mol. The van der Waals surface area contributed by atoms with Crippen molar-refractivity contribution in [2.75, 3.05) is 13.2 Å². The summed E-state index contributed by atoms with van der Waals surface area (Å²) in [6.45, 7) is 7.36. The van der Waals surface area contributed by atoms with Crippen molar-refractivity contribution in [3.8, 4) is 5.75 Å². The van der Waals surface area contributed by atoms with Crippen LogP contribution in [0.5, 0.6) is 5.75 Å². The van der Waals surface area contributed by atoms with Gasteiger partial charge in [-0.05, 0) is 36.2 Å². The van der Waals surface area contributed by atoms with Gasteiger partial charge in [-0.1, -0.05) is 147 Å². The van der Waals surface area contributed by atoms with Crippen molar-refractivity contribution < 1.29 is 4.74 Å². The van der Waals surface area contributed by atoms with Crippen molar-refractivity contribution in [1.29, 1.82) is 0 Å². The van der Waals surface area contributed by atoms with E-state index in [4.69, 9.17) is 4.74 Å². The largest absolute Gasteiger partial charge is 0.493 e. The van der Waals surface area contributed by atoms with E-state index < -0.39 is 0 Å². The Hall–Kier alpha value is -1.54. The third-order valence-corrected chi connectivity index (χ3v) is 7.26. The van der Waals surface area contributed by atoms with E-state index in [0.717, 1.165) is 31.9 Å². The highest BCUT2D eigenvalue weighted by molar-refractivity contribution is 5.87. The van der Waals surface area contributed by atoms with Crippen molar-refractivity contribution in [2.24, 2.45) is 0 Å². The summed E-state index contributed by atoms with van der Waals surface area (Å²) in [5, 5.41) is 6.34. The monoisotopic (exact) mass is 481 g/mol. The molecule has 0 radical (unpaired) electrons. The van der Waals surface area contributed by atoms with Gasteiger partial charge in [-0.2, -0.15) is 0 Å². The van der Waals surface area contributed by atoms with Crippen molar-refractivity contribution in [2.45, 2.75) is 136 Å². The molecule has 0 fully saturated rings. The molecule has 0 spiro atoms. The second kappa shape index (κ2) is 20.6. The van der Waals surface area contributed by atoms with Crippen molar-refractivity contribution in [1.82, 2.24) is 5.32 Å². The number of unbranched alkanes of at least 4 members (excludes halogenated alkanes) is 16. The summed E-state index contributed by atoms with van der Waals surface area (Å²) in [7, 11) is 0. The smallest absolute Gasteiger partial charge is 0.124 e. The molecule has 0 bridgehead atoms. The molecule has 2 aromatic carbocycles. The van der Waals surface area contributed by atoms with E-state index in [0.29, 0.717) is 0 Å². The van der Waals surface area contributed by atoms with Gasteiger partial charge in [0.2, 0.25) is 0 Å². The van der Waals surface area contributed by atoms with E-state index in [-0.39, 0.29) is 0 Å². The second-order valence-corrected chi connectivity index (χ2v) is 10.4. The molecular weight excluding hydrogens is 426 g/mol. The standard InChI is InChI=1S/C33H55NO/c1-3-5-7-9-10-11-12-13-14-15-16-17-18-21-27-34-29-32-31-24-20-19-23-30(31)25-26-33(32)35-28-22-8-6-4-2/h19-20,23-26,34H,3-18,21-22,27-29H2,1-2H3. The second-order valence-electron chi connectivity index (χ2n) is 10.4. The molecule has 0 aromatic heterocycles. The molecule has 0 aliphatic rings. The van der Waals surface area contributed by atoms with Crippen LogP contribution in [0.2, 0.25) is 0 Å². The number of hydrogen-bond acceptors (Lipinski definition) is 2. The maximum absolute atomic E-state index is 6.23. The Labute approximate surface area is 217 Å². The molecule has 198 valence electrons. The van der Waals surface area contributed by atoms with Crippen molar-refractivity contribution >= 4 is 10.8 Å². The first-order valence-electron chi connectivity index (χ1n) is 15.2. The van der Waals surface area contributed by atoms with Gasteiger partial charge in [0.05, 0.1) is 6.61 Å². The summed E-state index contributed by atoms with van der Waals surface area (Å²) >= 11 is 0. The van der Waals surface area contributed by atoms with Crippen LogP contribution in [0.15, 0.2) is 36.4 Å². The Kier molecular flexibility index (Phi) is 17.5. The molecule has 0 atom stereocenters.